The minimum Gasteiger partial charge on any atom is -0.309 e. The van der Waals surface area contributed by atoms with Crippen LogP contribution in [0.1, 0.15) is 26.3 Å². The monoisotopic (exact) mass is 735 g/mol. The highest BCUT2D eigenvalue weighted by Gasteiger charge is 2.23. The standard InChI is InChI=1S/C52H37N3S/c1-52(2,3)32-22-26-44-42(28-32)50-45(27-25-39-38-19-11-13-21-49(38)56-51(39)50)55(44)35-23-24-37-41-30-40-36-18-10-12-20-43(36)53(33-14-6-4-7-15-33)47(40)31-48(41)54(46(37)29-35)34-16-8-5-9-17-34/h4-31H,1-3H3. The molecule has 4 heterocycles. The molecule has 8 aromatic carbocycles. The summed E-state index contributed by atoms with van der Waals surface area (Å²) < 4.78 is 10.1. The summed E-state index contributed by atoms with van der Waals surface area (Å²) >= 11 is 1.92. The molecule has 56 heavy (non-hydrogen) atoms. The van der Waals surface area contributed by atoms with E-state index in [1.54, 1.807) is 0 Å². The lowest BCUT2D eigenvalue weighted by atomic mass is 9.86. The van der Waals surface area contributed by atoms with Gasteiger partial charge in [0.25, 0.3) is 0 Å². The molecule has 0 N–H and O–H groups in total. The Morgan fingerprint density at radius 3 is 1.64 bits per heavy atom. The number of fused-ring (bicyclic) bond motifs is 13. The number of para-hydroxylation sites is 3. The Hall–Kier alpha value is -6.62. The molecular formula is C52H37N3S. The van der Waals surface area contributed by atoms with E-state index in [1.807, 2.05) is 11.3 Å². The van der Waals surface area contributed by atoms with Gasteiger partial charge in [0.05, 0.1) is 33.1 Å². The molecule has 0 amide bonds. The van der Waals surface area contributed by atoms with Crippen LogP contribution in [-0.4, -0.2) is 13.7 Å². The van der Waals surface area contributed by atoms with Crippen molar-refractivity contribution in [2.45, 2.75) is 26.2 Å². The molecule has 12 rings (SSSR count). The fourth-order valence-corrected chi connectivity index (χ4v) is 10.6. The topological polar surface area (TPSA) is 14.8 Å². The molecule has 4 aromatic heterocycles. The lowest BCUT2D eigenvalue weighted by Crippen LogP contribution is -2.10. The first-order valence-corrected chi connectivity index (χ1v) is 20.3. The van der Waals surface area contributed by atoms with E-state index in [4.69, 9.17) is 0 Å². The van der Waals surface area contributed by atoms with Crippen molar-refractivity contribution in [2.24, 2.45) is 0 Å². The first-order valence-electron chi connectivity index (χ1n) is 19.4. The van der Waals surface area contributed by atoms with Crippen LogP contribution in [0.3, 0.4) is 0 Å². The van der Waals surface area contributed by atoms with Crippen molar-refractivity contribution in [1.29, 1.82) is 0 Å². The molecule has 0 unspecified atom stereocenters. The summed E-state index contributed by atoms with van der Waals surface area (Å²) in [5, 5.41) is 10.3. The average molecular weight is 736 g/mol. The van der Waals surface area contributed by atoms with E-state index in [0.717, 1.165) is 17.1 Å². The minimum absolute atomic E-state index is 0.0308. The van der Waals surface area contributed by atoms with Crippen LogP contribution < -0.4 is 0 Å². The summed E-state index contributed by atoms with van der Waals surface area (Å²) in [5.74, 6) is 0. The lowest BCUT2D eigenvalue weighted by molar-refractivity contribution is 0.591. The minimum atomic E-state index is 0.0308. The SMILES string of the molecule is CC(C)(C)c1ccc2c(c1)c1c3sc4ccccc4c3ccc1n2-c1ccc2c3cc4c5ccccc5n(-c5ccccc5)c4cc3n(-c3ccccc3)c2c1. The third-order valence-electron chi connectivity index (χ3n) is 12.0. The molecule has 0 radical (unpaired) electrons. The van der Waals surface area contributed by atoms with Crippen molar-refractivity contribution in [2.75, 3.05) is 0 Å². The number of benzene rings is 8. The Morgan fingerprint density at radius 2 is 0.911 bits per heavy atom. The summed E-state index contributed by atoms with van der Waals surface area (Å²) in [5.41, 5.74) is 12.1. The number of nitrogens with zero attached hydrogens (tertiary/aromatic N) is 3. The predicted molar refractivity (Wildman–Crippen MR) is 241 cm³/mol. The van der Waals surface area contributed by atoms with Crippen LogP contribution in [-0.2, 0) is 5.41 Å². The van der Waals surface area contributed by atoms with Crippen LogP contribution in [0.15, 0.2) is 170 Å². The van der Waals surface area contributed by atoms with E-state index in [-0.39, 0.29) is 5.41 Å². The van der Waals surface area contributed by atoms with Gasteiger partial charge >= 0.3 is 0 Å². The Morgan fingerprint density at radius 1 is 0.357 bits per heavy atom. The zero-order valence-corrected chi connectivity index (χ0v) is 32.2. The Balaban J connectivity index is 1.19. The molecule has 0 saturated carbocycles. The van der Waals surface area contributed by atoms with E-state index in [1.165, 1.54) is 91.2 Å². The van der Waals surface area contributed by atoms with Crippen LogP contribution in [0, 0.1) is 0 Å². The van der Waals surface area contributed by atoms with Crippen LogP contribution in [0.2, 0.25) is 0 Å². The Kier molecular flexibility index (Phi) is 6.48. The van der Waals surface area contributed by atoms with Gasteiger partial charge in [-0.1, -0.05) is 112 Å². The third-order valence-corrected chi connectivity index (χ3v) is 13.2. The van der Waals surface area contributed by atoms with Crippen LogP contribution in [0.5, 0.6) is 0 Å². The van der Waals surface area contributed by atoms with E-state index < -0.39 is 0 Å². The molecule has 3 nitrogen and oxygen atoms in total. The van der Waals surface area contributed by atoms with Gasteiger partial charge in [0, 0.05) is 69.6 Å². The molecule has 0 saturated heterocycles. The van der Waals surface area contributed by atoms with E-state index in [0.29, 0.717) is 0 Å². The normalized spacial score (nSPS) is 12.6. The zero-order chi connectivity index (χ0) is 37.3. The number of hydrogen-bond acceptors (Lipinski definition) is 1. The van der Waals surface area contributed by atoms with Gasteiger partial charge < -0.3 is 13.7 Å². The fourth-order valence-electron chi connectivity index (χ4n) is 9.35. The second-order valence-corrected chi connectivity index (χ2v) is 17.3. The zero-order valence-electron chi connectivity index (χ0n) is 31.4. The molecule has 12 aromatic rings. The lowest BCUT2D eigenvalue weighted by Gasteiger charge is -2.19. The molecule has 0 aliphatic heterocycles. The molecule has 266 valence electrons. The van der Waals surface area contributed by atoms with E-state index in [9.17, 15) is 0 Å². The van der Waals surface area contributed by atoms with Gasteiger partial charge in [0.15, 0.2) is 0 Å². The highest BCUT2D eigenvalue weighted by Crippen LogP contribution is 2.45. The van der Waals surface area contributed by atoms with Crippen molar-refractivity contribution in [3.05, 3.63) is 175 Å². The number of hydrogen-bond donors (Lipinski definition) is 0. The smallest absolute Gasteiger partial charge is 0.0562 e. The first-order chi connectivity index (χ1) is 27.4. The van der Waals surface area contributed by atoms with Crippen molar-refractivity contribution in [3.8, 4) is 17.1 Å². The summed E-state index contributed by atoms with van der Waals surface area (Å²) in [4.78, 5) is 0. The largest absolute Gasteiger partial charge is 0.309 e. The maximum Gasteiger partial charge on any atom is 0.0562 e. The predicted octanol–water partition coefficient (Wildman–Crippen LogP) is 14.6. The van der Waals surface area contributed by atoms with E-state index in [2.05, 4.69) is 204 Å². The fraction of sp³-hybridized carbons (Fsp3) is 0.0769. The number of thiophene rings is 1. The Labute approximate surface area is 327 Å². The highest BCUT2D eigenvalue weighted by molar-refractivity contribution is 7.26. The molecular weight excluding hydrogens is 699 g/mol. The second-order valence-electron chi connectivity index (χ2n) is 16.2. The summed E-state index contributed by atoms with van der Waals surface area (Å²) in [6, 6.07) is 63.0. The summed E-state index contributed by atoms with van der Waals surface area (Å²) in [7, 11) is 0. The first kappa shape index (κ1) is 31.7. The molecule has 0 bridgehead atoms. The van der Waals surface area contributed by atoms with Crippen molar-refractivity contribution in [3.63, 3.8) is 0 Å². The van der Waals surface area contributed by atoms with Gasteiger partial charge in [-0.2, -0.15) is 0 Å². The average Bonchev–Trinajstić information content (AvgIpc) is 3.96. The maximum atomic E-state index is 2.50. The van der Waals surface area contributed by atoms with Gasteiger partial charge in [0.1, 0.15) is 0 Å². The van der Waals surface area contributed by atoms with Gasteiger partial charge in [-0.05, 0) is 89.8 Å². The number of aromatic nitrogens is 3. The molecule has 0 fully saturated rings. The van der Waals surface area contributed by atoms with Gasteiger partial charge in [-0.3, -0.25) is 0 Å². The molecule has 0 spiro atoms. The summed E-state index contributed by atoms with van der Waals surface area (Å²) in [6.45, 7) is 6.94. The van der Waals surface area contributed by atoms with Crippen molar-refractivity contribution < 1.29 is 0 Å². The maximum absolute atomic E-state index is 2.50. The van der Waals surface area contributed by atoms with E-state index >= 15 is 0 Å². The van der Waals surface area contributed by atoms with Gasteiger partial charge in [-0.25, -0.2) is 0 Å². The van der Waals surface area contributed by atoms with Gasteiger partial charge in [0.2, 0.25) is 0 Å². The molecule has 4 heteroatoms. The molecule has 0 aliphatic carbocycles. The highest BCUT2D eigenvalue weighted by atomic mass is 32.1. The van der Waals surface area contributed by atoms with Crippen molar-refractivity contribution >= 4 is 96.9 Å². The quantitative estimate of drug-likeness (QED) is 0.172. The number of rotatable bonds is 3. The summed E-state index contributed by atoms with van der Waals surface area (Å²) in [6.07, 6.45) is 0. The Bertz CT molecular complexity index is 3550. The van der Waals surface area contributed by atoms with Crippen LogP contribution >= 0.6 is 11.3 Å². The van der Waals surface area contributed by atoms with Gasteiger partial charge in [-0.15, -0.1) is 11.3 Å². The van der Waals surface area contributed by atoms with Crippen molar-refractivity contribution in [1.82, 2.24) is 13.7 Å². The third kappa shape index (κ3) is 4.39. The molecule has 0 atom stereocenters. The van der Waals surface area contributed by atoms with Crippen LogP contribution in [0.4, 0.5) is 0 Å². The van der Waals surface area contributed by atoms with Crippen LogP contribution in [0.25, 0.3) is 103 Å². The molecule has 0 aliphatic rings. The second kappa shape index (κ2) is 11.5.